The molecule has 0 spiro atoms. The van der Waals surface area contributed by atoms with E-state index in [0.29, 0.717) is 15.6 Å². The minimum absolute atomic E-state index is 0.241. The van der Waals surface area contributed by atoms with Crippen LogP contribution in [0.25, 0.3) is 0 Å². The zero-order valence-electron chi connectivity index (χ0n) is 14.3. The lowest BCUT2D eigenvalue weighted by molar-refractivity contribution is 0.0733. The number of halogens is 2. The number of rotatable bonds is 5. The van der Waals surface area contributed by atoms with Crippen LogP contribution in [0.1, 0.15) is 26.4 Å². The highest BCUT2D eigenvalue weighted by molar-refractivity contribution is 9.11. The van der Waals surface area contributed by atoms with Gasteiger partial charge in [-0.1, -0.05) is 40.2 Å². The lowest BCUT2D eigenvalue weighted by atomic mass is 10.2. The van der Waals surface area contributed by atoms with Crippen LogP contribution in [0.15, 0.2) is 80.9 Å². The Labute approximate surface area is 177 Å². The molecule has 0 bridgehead atoms. The van der Waals surface area contributed by atoms with E-state index in [2.05, 4.69) is 47.4 Å². The summed E-state index contributed by atoms with van der Waals surface area (Å²) in [6, 6.07) is 17.1. The first kappa shape index (κ1) is 19.9. The predicted octanol–water partition coefficient (Wildman–Crippen LogP) is 4.59. The molecule has 0 unspecified atom stereocenters. The van der Waals surface area contributed by atoms with Gasteiger partial charge in [0.2, 0.25) is 0 Å². The summed E-state index contributed by atoms with van der Waals surface area (Å²) < 4.78 is 6.84. The monoisotopic (exact) mass is 501 g/mol. The molecule has 1 amide bonds. The summed E-state index contributed by atoms with van der Waals surface area (Å²) in [6.07, 6.45) is 2.91. The summed E-state index contributed by atoms with van der Waals surface area (Å²) in [5.74, 6) is -0.669. The van der Waals surface area contributed by atoms with E-state index in [4.69, 9.17) is 4.74 Å². The highest BCUT2D eigenvalue weighted by Gasteiger charge is 2.15. The number of nitrogens with one attached hydrogen (secondary N) is 1. The van der Waals surface area contributed by atoms with Crippen LogP contribution in [0.2, 0.25) is 0 Å². The Balaban J connectivity index is 1.80. The van der Waals surface area contributed by atoms with Crippen molar-refractivity contribution in [1.82, 2.24) is 10.4 Å². The zero-order valence-corrected chi connectivity index (χ0v) is 17.5. The van der Waals surface area contributed by atoms with Crippen molar-refractivity contribution < 1.29 is 14.3 Å². The Hall–Kier alpha value is -2.84. The zero-order chi connectivity index (χ0) is 19.9. The maximum atomic E-state index is 12.4. The molecule has 1 N–H and O–H groups in total. The number of pyridine rings is 1. The molecule has 0 fully saturated rings. The molecule has 0 atom stereocenters. The van der Waals surface area contributed by atoms with E-state index in [0.717, 1.165) is 4.47 Å². The molecule has 0 saturated carbocycles. The Morgan fingerprint density at radius 1 is 1.04 bits per heavy atom. The third kappa shape index (κ3) is 5.11. The van der Waals surface area contributed by atoms with Crippen molar-refractivity contribution in [2.75, 3.05) is 0 Å². The maximum absolute atomic E-state index is 12.4. The highest BCUT2D eigenvalue weighted by atomic mass is 79.9. The molecule has 8 heteroatoms. The second-order valence-corrected chi connectivity index (χ2v) is 7.25. The van der Waals surface area contributed by atoms with Crippen LogP contribution >= 0.6 is 31.9 Å². The van der Waals surface area contributed by atoms with E-state index in [1.54, 1.807) is 54.6 Å². The summed E-state index contributed by atoms with van der Waals surface area (Å²) in [5.41, 5.74) is 3.55. The summed E-state index contributed by atoms with van der Waals surface area (Å²) in [5, 5.41) is 3.94. The van der Waals surface area contributed by atoms with Gasteiger partial charge >= 0.3 is 5.97 Å². The van der Waals surface area contributed by atoms with Crippen molar-refractivity contribution in [2.24, 2.45) is 5.10 Å². The number of aromatic nitrogens is 1. The van der Waals surface area contributed by atoms with Crippen molar-refractivity contribution in [3.8, 4) is 5.75 Å². The maximum Gasteiger partial charge on any atom is 0.343 e. The normalized spacial score (nSPS) is 10.6. The predicted molar refractivity (Wildman–Crippen MR) is 113 cm³/mol. The van der Waals surface area contributed by atoms with Gasteiger partial charge in [0.15, 0.2) is 5.75 Å². The summed E-state index contributed by atoms with van der Waals surface area (Å²) in [7, 11) is 0. The fraction of sp³-hybridized carbons (Fsp3) is 0. The van der Waals surface area contributed by atoms with Gasteiger partial charge in [0.25, 0.3) is 5.91 Å². The standard InChI is InChI=1S/C20H13Br2N3O3/c21-15-10-14(12-24-25-19(26)17-8-4-5-9-23-17)18(16(22)11-15)28-20(27)13-6-2-1-3-7-13/h1-12H,(H,25,26)/b24-12-. The number of hydrazone groups is 1. The van der Waals surface area contributed by atoms with Crippen molar-refractivity contribution in [2.45, 2.75) is 0 Å². The highest BCUT2D eigenvalue weighted by Crippen LogP contribution is 2.32. The van der Waals surface area contributed by atoms with E-state index in [1.165, 1.54) is 12.4 Å². The van der Waals surface area contributed by atoms with Crippen LogP contribution < -0.4 is 10.2 Å². The number of hydrogen-bond acceptors (Lipinski definition) is 5. The topological polar surface area (TPSA) is 80.6 Å². The van der Waals surface area contributed by atoms with Gasteiger partial charge in [-0.2, -0.15) is 5.10 Å². The second-order valence-electron chi connectivity index (χ2n) is 5.48. The number of hydrogen-bond donors (Lipinski definition) is 1. The van der Waals surface area contributed by atoms with Gasteiger partial charge in [0.05, 0.1) is 16.3 Å². The second kappa shape index (κ2) is 9.38. The van der Waals surface area contributed by atoms with Crippen molar-refractivity contribution in [3.63, 3.8) is 0 Å². The van der Waals surface area contributed by atoms with Crippen LogP contribution in [-0.2, 0) is 0 Å². The van der Waals surface area contributed by atoms with Crippen molar-refractivity contribution in [3.05, 3.63) is 92.6 Å². The van der Waals surface area contributed by atoms with Crippen LogP contribution in [0.3, 0.4) is 0 Å². The number of ether oxygens (including phenoxy) is 1. The number of amides is 1. The van der Waals surface area contributed by atoms with E-state index in [-0.39, 0.29) is 11.4 Å². The number of esters is 1. The van der Waals surface area contributed by atoms with Gasteiger partial charge < -0.3 is 4.74 Å². The smallest absolute Gasteiger partial charge is 0.343 e. The molecule has 0 aliphatic heterocycles. The summed E-state index contributed by atoms with van der Waals surface area (Å²) in [4.78, 5) is 28.4. The molecular formula is C20H13Br2N3O3. The molecule has 3 rings (SSSR count). The van der Waals surface area contributed by atoms with Gasteiger partial charge in [0.1, 0.15) is 5.69 Å². The first-order chi connectivity index (χ1) is 13.5. The van der Waals surface area contributed by atoms with Crippen LogP contribution in [0.4, 0.5) is 0 Å². The third-order valence-corrected chi connectivity index (χ3v) is 4.56. The van der Waals surface area contributed by atoms with Gasteiger partial charge in [-0.05, 0) is 52.3 Å². The Morgan fingerprint density at radius 3 is 2.50 bits per heavy atom. The molecule has 2 aromatic carbocycles. The van der Waals surface area contributed by atoms with Gasteiger partial charge in [-0.25, -0.2) is 10.2 Å². The lowest BCUT2D eigenvalue weighted by Crippen LogP contribution is -2.19. The first-order valence-corrected chi connectivity index (χ1v) is 9.64. The average molecular weight is 503 g/mol. The molecular weight excluding hydrogens is 490 g/mol. The Bertz CT molecular complexity index is 1030. The number of carbonyl (C=O) groups excluding carboxylic acids is 2. The molecule has 3 aromatic rings. The van der Waals surface area contributed by atoms with E-state index >= 15 is 0 Å². The fourth-order valence-corrected chi connectivity index (χ4v) is 3.56. The van der Waals surface area contributed by atoms with Crippen molar-refractivity contribution >= 4 is 50.0 Å². The largest absolute Gasteiger partial charge is 0.421 e. The first-order valence-electron chi connectivity index (χ1n) is 8.05. The number of nitrogens with zero attached hydrogens (tertiary/aromatic N) is 2. The SMILES string of the molecule is O=C(Oc1c(Br)cc(Br)cc1/C=N\NC(=O)c1ccccn1)c1ccccc1. The molecule has 0 aliphatic rings. The molecule has 0 radical (unpaired) electrons. The fourth-order valence-electron chi connectivity index (χ4n) is 2.22. The number of benzene rings is 2. The molecule has 140 valence electrons. The molecule has 1 heterocycles. The van der Waals surface area contributed by atoms with Crippen LogP contribution in [-0.4, -0.2) is 23.1 Å². The molecule has 1 aromatic heterocycles. The molecule has 0 aliphatic carbocycles. The minimum Gasteiger partial charge on any atom is -0.421 e. The van der Waals surface area contributed by atoms with E-state index in [9.17, 15) is 9.59 Å². The quantitative estimate of drug-likeness (QED) is 0.239. The van der Waals surface area contributed by atoms with Gasteiger partial charge in [-0.15, -0.1) is 0 Å². The van der Waals surface area contributed by atoms with E-state index < -0.39 is 11.9 Å². The third-order valence-electron chi connectivity index (χ3n) is 3.51. The minimum atomic E-state index is -0.504. The lowest BCUT2D eigenvalue weighted by Gasteiger charge is -2.10. The molecule has 0 saturated heterocycles. The van der Waals surface area contributed by atoms with Crippen molar-refractivity contribution in [1.29, 1.82) is 0 Å². The Morgan fingerprint density at radius 2 is 1.79 bits per heavy atom. The van der Waals surface area contributed by atoms with Crippen LogP contribution in [0.5, 0.6) is 5.75 Å². The van der Waals surface area contributed by atoms with Crippen LogP contribution in [0, 0.1) is 0 Å². The molecule has 6 nitrogen and oxygen atoms in total. The summed E-state index contributed by atoms with van der Waals surface area (Å²) >= 11 is 6.78. The summed E-state index contributed by atoms with van der Waals surface area (Å²) in [6.45, 7) is 0. The number of carbonyl (C=O) groups is 2. The average Bonchev–Trinajstić information content (AvgIpc) is 2.71. The van der Waals surface area contributed by atoms with Gasteiger partial charge in [-0.3, -0.25) is 9.78 Å². The van der Waals surface area contributed by atoms with E-state index in [1.807, 2.05) is 6.07 Å². The Kier molecular flexibility index (Phi) is 6.67. The molecule has 28 heavy (non-hydrogen) atoms. The van der Waals surface area contributed by atoms with Gasteiger partial charge in [0, 0.05) is 16.2 Å².